The van der Waals surface area contributed by atoms with Gasteiger partial charge in [0.1, 0.15) is 6.10 Å². The molecule has 2 atom stereocenters. The van der Waals surface area contributed by atoms with E-state index in [1.54, 1.807) is 6.07 Å². The third-order valence-corrected chi connectivity index (χ3v) is 3.49. The summed E-state index contributed by atoms with van der Waals surface area (Å²) < 4.78 is 4.93. The molecule has 0 spiro atoms. The van der Waals surface area contributed by atoms with Crippen molar-refractivity contribution in [1.82, 2.24) is 0 Å². The molecule has 4 nitrogen and oxygen atoms in total. The van der Waals surface area contributed by atoms with Crippen molar-refractivity contribution in [3.63, 3.8) is 0 Å². The maximum Gasteiger partial charge on any atom is 0.228 e. The van der Waals surface area contributed by atoms with Gasteiger partial charge in [-0.1, -0.05) is 19.3 Å². The zero-order valence-corrected chi connectivity index (χ0v) is 9.71. The summed E-state index contributed by atoms with van der Waals surface area (Å²) in [5.41, 5.74) is 0. The fourth-order valence-corrected chi connectivity index (χ4v) is 2.45. The van der Waals surface area contributed by atoms with Gasteiger partial charge in [-0.3, -0.25) is 4.79 Å². The highest BCUT2D eigenvalue weighted by Crippen LogP contribution is 2.28. The molecule has 1 aliphatic carbocycles. The van der Waals surface area contributed by atoms with E-state index in [9.17, 15) is 15.0 Å². The molecule has 0 bridgehead atoms. The molecule has 17 heavy (non-hydrogen) atoms. The van der Waals surface area contributed by atoms with Crippen LogP contribution in [-0.2, 0) is 0 Å². The smallest absolute Gasteiger partial charge is 0.228 e. The number of hydrogen-bond donors (Lipinski definition) is 2. The van der Waals surface area contributed by atoms with Gasteiger partial charge in [-0.2, -0.15) is 0 Å². The molecule has 2 unspecified atom stereocenters. The van der Waals surface area contributed by atoms with Gasteiger partial charge in [0.2, 0.25) is 5.78 Å². The number of carbonyl (C=O) groups is 1. The lowest BCUT2D eigenvalue weighted by Gasteiger charge is -2.28. The van der Waals surface area contributed by atoms with Gasteiger partial charge >= 0.3 is 0 Å². The van der Waals surface area contributed by atoms with E-state index in [4.69, 9.17) is 4.42 Å². The normalized spacial score (nSPS) is 21.1. The maximum absolute atomic E-state index is 11.8. The molecule has 1 aliphatic rings. The van der Waals surface area contributed by atoms with Crippen molar-refractivity contribution in [3.8, 4) is 0 Å². The van der Waals surface area contributed by atoms with Crippen LogP contribution >= 0.6 is 0 Å². The molecule has 94 valence electrons. The number of aliphatic hydroxyl groups is 2. The fraction of sp³-hybridized carbons (Fsp3) is 0.615. The Morgan fingerprint density at radius 1 is 1.29 bits per heavy atom. The molecule has 0 aromatic carbocycles. The minimum atomic E-state index is -1.37. The number of carbonyl (C=O) groups excluding carboxylic acids is 1. The van der Waals surface area contributed by atoms with Gasteiger partial charge in [-0.25, -0.2) is 0 Å². The fourth-order valence-electron chi connectivity index (χ4n) is 2.45. The summed E-state index contributed by atoms with van der Waals surface area (Å²) in [5, 5.41) is 19.8. The minimum Gasteiger partial charge on any atom is -0.461 e. The monoisotopic (exact) mass is 238 g/mol. The van der Waals surface area contributed by atoms with Gasteiger partial charge in [0.25, 0.3) is 0 Å². The van der Waals surface area contributed by atoms with Crippen molar-refractivity contribution < 1.29 is 19.4 Å². The Hall–Kier alpha value is -1.13. The van der Waals surface area contributed by atoms with E-state index >= 15 is 0 Å². The Morgan fingerprint density at radius 2 is 2.00 bits per heavy atom. The van der Waals surface area contributed by atoms with Gasteiger partial charge in [-0.15, -0.1) is 0 Å². The molecular weight excluding hydrogens is 220 g/mol. The van der Waals surface area contributed by atoms with Crippen LogP contribution in [0.1, 0.15) is 42.7 Å². The van der Waals surface area contributed by atoms with E-state index in [1.165, 1.54) is 18.8 Å². The van der Waals surface area contributed by atoms with Crippen LogP contribution in [0.4, 0.5) is 0 Å². The van der Waals surface area contributed by atoms with Crippen molar-refractivity contribution in [2.24, 2.45) is 5.92 Å². The summed E-state index contributed by atoms with van der Waals surface area (Å²) in [6.07, 6.45) is 4.08. The minimum absolute atomic E-state index is 0.0256. The molecule has 2 N–H and O–H groups in total. The van der Waals surface area contributed by atoms with Crippen LogP contribution in [0.25, 0.3) is 0 Å². The van der Waals surface area contributed by atoms with Crippen molar-refractivity contribution in [3.05, 3.63) is 24.2 Å². The number of furan rings is 1. The van der Waals surface area contributed by atoms with E-state index in [-0.39, 0.29) is 11.7 Å². The van der Waals surface area contributed by atoms with E-state index in [0.29, 0.717) is 0 Å². The van der Waals surface area contributed by atoms with Gasteiger partial charge in [0.05, 0.1) is 12.4 Å². The van der Waals surface area contributed by atoms with Gasteiger partial charge in [0, 0.05) is 0 Å². The van der Waals surface area contributed by atoms with Gasteiger partial charge < -0.3 is 14.6 Å². The molecule has 1 aromatic rings. The predicted octanol–water partition coefficient (Wildman–Crippen LogP) is 1.76. The molecule has 0 radical (unpaired) electrons. The van der Waals surface area contributed by atoms with Crippen LogP contribution in [0.2, 0.25) is 0 Å². The Labute approximate surface area is 100 Å². The summed E-state index contributed by atoms with van der Waals surface area (Å²) >= 11 is 0. The topological polar surface area (TPSA) is 70.7 Å². The first-order valence-electron chi connectivity index (χ1n) is 6.14. The quantitative estimate of drug-likeness (QED) is 0.784. The molecule has 2 rings (SSSR count). The summed E-state index contributed by atoms with van der Waals surface area (Å²) in [7, 11) is 0. The Balaban J connectivity index is 1.98. The highest BCUT2D eigenvalue weighted by Gasteiger charge is 2.33. The first-order valence-corrected chi connectivity index (χ1v) is 6.14. The largest absolute Gasteiger partial charge is 0.461 e. The standard InChI is InChI=1S/C13H18O4/c14-11(9-5-2-1-3-6-9)13(16)12(15)10-7-4-8-17-10/h4,7-9,11,13-14,16H,1-3,5-6H2. The lowest BCUT2D eigenvalue weighted by Crippen LogP contribution is -2.40. The van der Waals surface area contributed by atoms with Crippen molar-refractivity contribution in [2.45, 2.75) is 44.3 Å². The summed E-state index contributed by atoms with van der Waals surface area (Å²) in [5.74, 6) is -0.405. The lowest BCUT2D eigenvalue weighted by molar-refractivity contribution is -0.0169. The number of Topliss-reactive ketones (excluding diaryl/α,β-unsaturated/α-hetero) is 1. The zero-order chi connectivity index (χ0) is 12.3. The maximum atomic E-state index is 11.8. The van der Waals surface area contributed by atoms with E-state index in [2.05, 4.69) is 0 Å². The first-order chi connectivity index (χ1) is 8.20. The SMILES string of the molecule is O=C(c1ccco1)C(O)C(O)C1CCCCC1. The molecular formula is C13H18O4. The molecule has 0 saturated heterocycles. The first kappa shape index (κ1) is 12.3. The van der Waals surface area contributed by atoms with Crippen LogP contribution in [0, 0.1) is 5.92 Å². The van der Waals surface area contributed by atoms with Crippen molar-refractivity contribution in [1.29, 1.82) is 0 Å². The third kappa shape index (κ3) is 2.76. The second-order valence-electron chi connectivity index (χ2n) is 4.68. The number of rotatable bonds is 4. The van der Waals surface area contributed by atoms with E-state index < -0.39 is 18.0 Å². The van der Waals surface area contributed by atoms with Crippen LogP contribution in [0.3, 0.4) is 0 Å². The zero-order valence-electron chi connectivity index (χ0n) is 9.71. The Bertz CT molecular complexity index is 352. The average molecular weight is 238 g/mol. The van der Waals surface area contributed by atoms with E-state index in [1.807, 2.05) is 0 Å². The van der Waals surface area contributed by atoms with Crippen LogP contribution in [0.5, 0.6) is 0 Å². The number of hydrogen-bond acceptors (Lipinski definition) is 4. The van der Waals surface area contributed by atoms with E-state index in [0.717, 1.165) is 25.7 Å². The molecule has 1 aromatic heterocycles. The van der Waals surface area contributed by atoms with Gasteiger partial charge in [0.15, 0.2) is 5.76 Å². The molecule has 1 heterocycles. The lowest BCUT2D eigenvalue weighted by atomic mass is 9.82. The highest BCUT2D eigenvalue weighted by molar-refractivity contribution is 5.97. The Kier molecular flexibility index (Phi) is 3.97. The number of ketones is 1. The van der Waals surface area contributed by atoms with Crippen molar-refractivity contribution in [2.75, 3.05) is 0 Å². The number of aliphatic hydroxyl groups excluding tert-OH is 2. The van der Waals surface area contributed by atoms with Crippen molar-refractivity contribution >= 4 is 5.78 Å². The highest BCUT2D eigenvalue weighted by atomic mass is 16.4. The molecule has 0 aliphatic heterocycles. The average Bonchev–Trinajstić information content (AvgIpc) is 2.91. The second-order valence-corrected chi connectivity index (χ2v) is 4.68. The summed E-state index contributed by atoms with van der Waals surface area (Å²) in [4.78, 5) is 11.8. The van der Waals surface area contributed by atoms with Crippen LogP contribution in [0.15, 0.2) is 22.8 Å². The molecule has 1 saturated carbocycles. The second kappa shape index (κ2) is 5.47. The Morgan fingerprint density at radius 3 is 2.59 bits per heavy atom. The summed E-state index contributed by atoms with van der Waals surface area (Å²) in [6, 6.07) is 3.09. The third-order valence-electron chi connectivity index (χ3n) is 3.49. The molecule has 4 heteroatoms. The van der Waals surface area contributed by atoms with Crippen LogP contribution < -0.4 is 0 Å². The molecule has 1 fully saturated rings. The summed E-state index contributed by atoms with van der Waals surface area (Å²) in [6.45, 7) is 0. The van der Waals surface area contributed by atoms with Gasteiger partial charge in [-0.05, 0) is 30.9 Å². The predicted molar refractivity (Wildman–Crippen MR) is 61.6 cm³/mol. The van der Waals surface area contributed by atoms with Crippen LogP contribution in [-0.4, -0.2) is 28.2 Å². The molecule has 0 amide bonds.